The second kappa shape index (κ2) is 6.85. The van der Waals surface area contributed by atoms with Gasteiger partial charge in [0, 0.05) is 11.6 Å². The summed E-state index contributed by atoms with van der Waals surface area (Å²) in [5.74, 6) is 0. The molecule has 5 heteroatoms. The molecular weight excluding hydrogens is 212 g/mol. The summed E-state index contributed by atoms with van der Waals surface area (Å²) in [7, 11) is 1.76. The van der Waals surface area contributed by atoms with Gasteiger partial charge < -0.3 is 15.5 Å². The lowest BCUT2D eigenvalue weighted by Gasteiger charge is -1.94. The minimum absolute atomic E-state index is 0.219. The molecule has 1 aliphatic rings. The zero-order valence-electron chi connectivity index (χ0n) is 8.45. The van der Waals surface area contributed by atoms with E-state index in [1.165, 1.54) is 5.56 Å². The van der Waals surface area contributed by atoms with Crippen LogP contribution in [0.3, 0.4) is 0 Å². The lowest BCUT2D eigenvalue weighted by Crippen LogP contribution is -2.10. The van der Waals surface area contributed by atoms with Crippen molar-refractivity contribution in [2.45, 2.75) is 13.0 Å². The smallest absolute Gasteiger partial charge is 0.330 e. The summed E-state index contributed by atoms with van der Waals surface area (Å²) < 4.78 is 5.09. The van der Waals surface area contributed by atoms with Crippen molar-refractivity contribution >= 4 is 24.5 Å². The maximum Gasteiger partial charge on any atom is 0.330 e. The van der Waals surface area contributed by atoms with Crippen molar-refractivity contribution in [3.05, 3.63) is 28.8 Å². The number of aliphatic hydroxyl groups is 1. The Morgan fingerprint density at radius 1 is 1.53 bits per heavy atom. The first kappa shape index (κ1) is 12.5. The highest BCUT2D eigenvalue weighted by atomic mass is 35.5. The third-order valence-electron chi connectivity index (χ3n) is 1.92. The molecule has 15 heavy (non-hydrogen) atoms. The lowest BCUT2D eigenvalue weighted by molar-refractivity contribution is 0.291. The van der Waals surface area contributed by atoms with Gasteiger partial charge in [0.2, 0.25) is 0 Å². The second-order valence-corrected chi connectivity index (χ2v) is 3.57. The molecule has 0 spiro atoms. The highest BCUT2D eigenvalue weighted by Crippen LogP contribution is 2.12. The van der Waals surface area contributed by atoms with Crippen LogP contribution >= 0.6 is 11.6 Å². The van der Waals surface area contributed by atoms with E-state index in [0.717, 1.165) is 16.9 Å². The summed E-state index contributed by atoms with van der Waals surface area (Å²) in [6.45, 7) is 1.48. The molecule has 0 saturated carbocycles. The number of hydrogen-bond donors (Lipinski definition) is 2. The van der Waals surface area contributed by atoms with E-state index in [9.17, 15) is 0 Å². The van der Waals surface area contributed by atoms with Gasteiger partial charge in [0.15, 0.2) is 0 Å². The lowest BCUT2D eigenvalue weighted by atomic mass is 9.88. The van der Waals surface area contributed by atoms with E-state index in [-0.39, 0.29) is 6.61 Å². The number of nitrogens with two attached hydrogens (primary N) is 1. The average Bonchev–Trinajstić information content (AvgIpc) is 2.67. The van der Waals surface area contributed by atoms with Gasteiger partial charge in [0.25, 0.3) is 0 Å². The zero-order valence-corrected chi connectivity index (χ0v) is 9.20. The predicted molar refractivity (Wildman–Crippen MR) is 62.4 cm³/mol. The molecule has 2 rings (SSSR count). The van der Waals surface area contributed by atoms with E-state index in [2.05, 4.69) is 0 Å². The van der Waals surface area contributed by atoms with E-state index in [0.29, 0.717) is 13.2 Å². The summed E-state index contributed by atoms with van der Waals surface area (Å²) in [6, 6.07) is 5.76. The topological polar surface area (TPSA) is 55.5 Å². The zero-order chi connectivity index (χ0) is 11.1. The summed E-state index contributed by atoms with van der Waals surface area (Å²) in [4.78, 5) is 0. The Morgan fingerprint density at radius 3 is 2.93 bits per heavy atom. The Bertz CT molecular complexity index is 307. The molecule has 3 N–H and O–H groups in total. The number of benzene rings is 1. The molecule has 0 fully saturated rings. The molecule has 0 unspecified atom stereocenters. The SMILES string of the molecule is Clc1ccc2c(c1)CO[B]2.NCCCO. The highest BCUT2D eigenvalue weighted by Gasteiger charge is 2.12. The van der Waals surface area contributed by atoms with Gasteiger partial charge in [0.05, 0.1) is 6.61 Å². The minimum Gasteiger partial charge on any atom is -0.430 e. The number of aliphatic hydroxyl groups excluding tert-OH is 1. The van der Waals surface area contributed by atoms with Crippen LogP contribution in [0.1, 0.15) is 12.0 Å². The van der Waals surface area contributed by atoms with Crippen molar-refractivity contribution in [2.75, 3.05) is 13.2 Å². The fraction of sp³-hybridized carbons (Fsp3) is 0.400. The maximum atomic E-state index is 7.99. The molecule has 0 atom stereocenters. The minimum atomic E-state index is 0.219. The molecule has 81 valence electrons. The number of hydrogen-bond acceptors (Lipinski definition) is 3. The molecule has 1 aromatic carbocycles. The third kappa shape index (κ3) is 4.22. The van der Waals surface area contributed by atoms with Crippen molar-refractivity contribution in [2.24, 2.45) is 5.73 Å². The summed E-state index contributed by atoms with van der Waals surface area (Å²) in [5, 5.41) is 8.76. The van der Waals surface area contributed by atoms with Crippen LogP contribution in [0.25, 0.3) is 0 Å². The molecule has 0 saturated heterocycles. The van der Waals surface area contributed by atoms with Crippen LogP contribution in [-0.2, 0) is 11.3 Å². The average molecular weight is 226 g/mol. The molecule has 0 aromatic heterocycles. The van der Waals surface area contributed by atoms with Crippen LogP contribution in [0, 0.1) is 0 Å². The molecule has 0 bridgehead atoms. The van der Waals surface area contributed by atoms with E-state index < -0.39 is 0 Å². The van der Waals surface area contributed by atoms with Gasteiger partial charge >= 0.3 is 7.48 Å². The van der Waals surface area contributed by atoms with Crippen molar-refractivity contribution in [1.29, 1.82) is 0 Å². The van der Waals surface area contributed by atoms with Crippen molar-refractivity contribution in [3.8, 4) is 0 Å². The van der Waals surface area contributed by atoms with Crippen LogP contribution in [0.4, 0.5) is 0 Å². The molecule has 1 aliphatic heterocycles. The number of rotatable bonds is 2. The van der Waals surface area contributed by atoms with E-state index in [1.807, 2.05) is 18.2 Å². The Kier molecular flexibility index (Phi) is 5.72. The quantitative estimate of drug-likeness (QED) is 0.720. The predicted octanol–water partition coefficient (Wildman–Crippen LogP) is 0.442. The first-order chi connectivity index (χ1) is 7.27. The molecule has 3 nitrogen and oxygen atoms in total. The molecule has 0 amide bonds. The molecular formula is C10H14BClNO2. The number of halogens is 1. The van der Waals surface area contributed by atoms with Gasteiger partial charge in [-0.05, 0) is 36.1 Å². The maximum absolute atomic E-state index is 7.99. The monoisotopic (exact) mass is 226 g/mol. The van der Waals surface area contributed by atoms with Crippen LogP contribution in [0.2, 0.25) is 5.02 Å². The van der Waals surface area contributed by atoms with Gasteiger partial charge in [-0.3, -0.25) is 0 Å². The molecule has 1 radical (unpaired) electrons. The molecule has 1 heterocycles. The van der Waals surface area contributed by atoms with E-state index in [4.69, 9.17) is 27.1 Å². The van der Waals surface area contributed by atoms with Gasteiger partial charge in [-0.2, -0.15) is 0 Å². The Morgan fingerprint density at radius 2 is 2.33 bits per heavy atom. The third-order valence-corrected chi connectivity index (χ3v) is 2.15. The van der Waals surface area contributed by atoms with Gasteiger partial charge in [-0.25, -0.2) is 0 Å². The largest absolute Gasteiger partial charge is 0.430 e. The standard InChI is InChI=1S/C7H5BClO.C3H9NO/c9-6-1-2-7-5(3-6)4-10-8-7;4-2-1-3-5/h1-3H,4H2;5H,1-4H2. The summed E-state index contributed by atoms with van der Waals surface area (Å²) in [5.41, 5.74) is 7.30. The van der Waals surface area contributed by atoms with Crippen molar-refractivity contribution < 1.29 is 9.76 Å². The fourth-order valence-corrected chi connectivity index (χ4v) is 1.32. The highest BCUT2D eigenvalue weighted by molar-refractivity contribution is 6.49. The molecule has 0 aliphatic carbocycles. The van der Waals surface area contributed by atoms with Gasteiger partial charge in [-0.15, -0.1) is 0 Å². The number of fused-ring (bicyclic) bond motifs is 1. The first-order valence-corrected chi connectivity index (χ1v) is 5.20. The molecule has 1 aromatic rings. The van der Waals surface area contributed by atoms with Crippen LogP contribution < -0.4 is 11.2 Å². The Hall–Kier alpha value is -0.545. The first-order valence-electron chi connectivity index (χ1n) is 4.82. The second-order valence-electron chi connectivity index (χ2n) is 3.14. The Balaban J connectivity index is 0.000000195. The van der Waals surface area contributed by atoms with Crippen molar-refractivity contribution in [1.82, 2.24) is 0 Å². The normalized spacial score (nSPS) is 12.5. The van der Waals surface area contributed by atoms with Crippen LogP contribution in [-0.4, -0.2) is 25.7 Å². The van der Waals surface area contributed by atoms with Gasteiger partial charge in [0.1, 0.15) is 0 Å². The fourth-order valence-electron chi connectivity index (χ4n) is 1.13. The Labute approximate surface area is 95.5 Å². The van der Waals surface area contributed by atoms with Crippen LogP contribution in [0.15, 0.2) is 18.2 Å². The van der Waals surface area contributed by atoms with E-state index in [1.54, 1.807) is 7.48 Å². The van der Waals surface area contributed by atoms with E-state index >= 15 is 0 Å². The summed E-state index contributed by atoms with van der Waals surface area (Å²) in [6.07, 6.45) is 0.722. The van der Waals surface area contributed by atoms with Crippen LogP contribution in [0.5, 0.6) is 0 Å². The van der Waals surface area contributed by atoms with Gasteiger partial charge in [-0.1, -0.05) is 17.7 Å². The summed E-state index contributed by atoms with van der Waals surface area (Å²) >= 11 is 5.75. The van der Waals surface area contributed by atoms with Crippen molar-refractivity contribution in [3.63, 3.8) is 0 Å².